The predicted molar refractivity (Wildman–Crippen MR) is 118 cm³/mol. The number of nitrogens with two attached hydrogens (primary N) is 1. The van der Waals surface area contributed by atoms with Crippen LogP contribution in [0.3, 0.4) is 0 Å². The molecule has 2 atom stereocenters. The van der Waals surface area contributed by atoms with Crippen LogP contribution in [0, 0.1) is 0 Å². The van der Waals surface area contributed by atoms with Crippen molar-refractivity contribution < 1.29 is 13.7 Å². The van der Waals surface area contributed by atoms with E-state index in [2.05, 4.69) is 26.2 Å². The summed E-state index contributed by atoms with van der Waals surface area (Å²) >= 11 is 0. The van der Waals surface area contributed by atoms with Gasteiger partial charge in [0.15, 0.2) is 9.92 Å². The van der Waals surface area contributed by atoms with Gasteiger partial charge in [0.2, 0.25) is 5.88 Å². The lowest BCUT2D eigenvalue weighted by Gasteiger charge is -2.15. The van der Waals surface area contributed by atoms with Gasteiger partial charge in [0, 0.05) is 11.7 Å². The number of aryl methyl sites for hydroxylation is 2. The van der Waals surface area contributed by atoms with Crippen molar-refractivity contribution in [3.8, 4) is 5.88 Å². The first-order valence-electron chi connectivity index (χ1n) is 10.8. The summed E-state index contributed by atoms with van der Waals surface area (Å²) in [5, 5.41) is 16.5. The molecule has 0 spiro atoms. The van der Waals surface area contributed by atoms with E-state index in [1.807, 2.05) is 7.05 Å². The number of aromatic nitrogens is 2. The van der Waals surface area contributed by atoms with Crippen LogP contribution in [0.4, 0.5) is 10.5 Å². The number of hydrogen-bond acceptors (Lipinski definition) is 5. The number of amides is 2. The Kier molecular flexibility index (Phi) is 5.23. The SMILES string of the molecule is CN[C@@H]1CCOc2c([S@@](N)(=O)=NC(=O)Nc3c4c(cc5c3CCC5)CCC4)cnn2C1. The summed E-state index contributed by atoms with van der Waals surface area (Å²) in [6, 6.07) is 1.79. The number of rotatable bonds is 3. The number of urea groups is 1. The Balaban J connectivity index is 1.45. The van der Waals surface area contributed by atoms with Crippen molar-refractivity contribution in [2.45, 2.75) is 62.4 Å². The zero-order chi connectivity index (χ0) is 21.6. The molecule has 2 amide bonds. The molecule has 1 aromatic heterocycles. The molecule has 3 aliphatic rings. The zero-order valence-electron chi connectivity index (χ0n) is 17.6. The number of nitrogens with zero attached hydrogens (tertiary/aromatic N) is 3. The van der Waals surface area contributed by atoms with Crippen LogP contribution in [0.1, 0.15) is 41.5 Å². The molecule has 2 heterocycles. The second-order valence-corrected chi connectivity index (χ2v) is 10.2. The minimum absolute atomic E-state index is 0.155. The van der Waals surface area contributed by atoms with Gasteiger partial charge >= 0.3 is 6.03 Å². The first-order chi connectivity index (χ1) is 15.0. The van der Waals surface area contributed by atoms with Crippen molar-refractivity contribution in [1.29, 1.82) is 0 Å². The van der Waals surface area contributed by atoms with Crippen molar-refractivity contribution in [3.63, 3.8) is 0 Å². The number of likely N-dealkylation sites (N-methyl/N-ethyl adjacent to an activating group) is 1. The van der Waals surface area contributed by atoms with E-state index in [9.17, 15) is 9.00 Å². The molecule has 166 valence electrons. The molecular weight excluding hydrogens is 416 g/mol. The summed E-state index contributed by atoms with van der Waals surface area (Å²) < 4.78 is 24.5. The lowest BCUT2D eigenvalue weighted by molar-refractivity contribution is 0.260. The maximum atomic E-state index is 13.3. The van der Waals surface area contributed by atoms with Crippen LogP contribution >= 0.6 is 0 Å². The van der Waals surface area contributed by atoms with E-state index in [0.29, 0.717) is 19.0 Å². The molecule has 0 fully saturated rings. The second-order valence-electron chi connectivity index (χ2n) is 8.44. The summed E-state index contributed by atoms with van der Waals surface area (Å²) in [5.74, 6) is 0.322. The Hall–Kier alpha value is -2.43. The summed E-state index contributed by atoms with van der Waals surface area (Å²) in [6.45, 7) is 1.00. The first kappa shape index (κ1) is 20.5. The van der Waals surface area contributed by atoms with Gasteiger partial charge in [0.25, 0.3) is 0 Å². The summed E-state index contributed by atoms with van der Waals surface area (Å²) in [4.78, 5) is 13.0. The lowest BCUT2D eigenvalue weighted by Crippen LogP contribution is -2.29. The number of ether oxygens (including phenoxy) is 1. The second kappa shape index (κ2) is 7.92. The number of anilines is 1. The molecule has 0 bridgehead atoms. The third kappa shape index (κ3) is 3.72. The summed E-state index contributed by atoms with van der Waals surface area (Å²) in [6.07, 6.45) is 8.28. The van der Waals surface area contributed by atoms with Crippen molar-refractivity contribution >= 4 is 21.6 Å². The van der Waals surface area contributed by atoms with E-state index < -0.39 is 15.9 Å². The summed E-state index contributed by atoms with van der Waals surface area (Å²) in [5.41, 5.74) is 5.84. The molecule has 9 nitrogen and oxygen atoms in total. The highest BCUT2D eigenvalue weighted by molar-refractivity contribution is 7.91. The number of carbonyl (C=O) groups excluding carboxylic acids is 1. The third-order valence-electron chi connectivity index (χ3n) is 6.50. The van der Waals surface area contributed by atoms with E-state index in [4.69, 9.17) is 9.88 Å². The minimum Gasteiger partial charge on any atom is -0.477 e. The van der Waals surface area contributed by atoms with Gasteiger partial charge in [-0.2, -0.15) is 5.10 Å². The number of fused-ring (bicyclic) bond motifs is 3. The van der Waals surface area contributed by atoms with Gasteiger partial charge < -0.3 is 15.4 Å². The van der Waals surface area contributed by atoms with Gasteiger partial charge in [-0.1, -0.05) is 6.07 Å². The van der Waals surface area contributed by atoms with Crippen molar-refractivity contribution in [3.05, 3.63) is 34.5 Å². The van der Waals surface area contributed by atoms with Crippen LogP contribution in [0.5, 0.6) is 5.88 Å². The molecule has 0 radical (unpaired) electrons. The van der Waals surface area contributed by atoms with Crippen LogP contribution in [0.2, 0.25) is 0 Å². The molecule has 1 aliphatic heterocycles. The van der Waals surface area contributed by atoms with E-state index in [1.165, 1.54) is 28.5 Å². The largest absolute Gasteiger partial charge is 0.477 e. The molecule has 1 aromatic carbocycles. The molecule has 31 heavy (non-hydrogen) atoms. The topological polar surface area (TPSA) is 124 Å². The third-order valence-corrected chi connectivity index (χ3v) is 7.85. The van der Waals surface area contributed by atoms with Gasteiger partial charge in [-0.15, -0.1) is 4.36 Å². The van der Waals surface area contributed by atoms with Crippen LogP contribution in [0.25, 0.3) is 0 Å². The Morgan fingerprint density at radius 2 is 1.97 bits per heavy atom. The van der Waals surface area contributed by atoms with Crippen LogP contribution in [-0.2, 0) is 42.1 Å². The minimum atomic E-state index is -3.51. The molecule has 2 aromatic rings. The Bertz CT molecular complexity index is 1130. The molecule has 0 saturated carbocycles. The fraction of sp³-hybridized carbons (Fsp3) is 0.524. The zero-order valence-corrected chi connectivity index (χ0v) is 18.5. The quantitative estimate of drug-likeness (QED) is 0.669. The van der Waals surface area contributed by atoms with Gasteiger partial charge in [-0.05, 0) is 74.2 Å². The van der Waals surface area contributed by atoms with Gasteiger partial charge in [0.05, 0.1) is 19.3 Å². The number of hydrogen-bond donors (Lipinski definition) is 3. The standard InChI is InChI=1S/C21H28N6O3S/c1-23-15-8-9-30-20-18(11-24-27(20)12-15)31(22,29)26-21(28)25-19-16-6-2-4-13(16)10-14-5-3-7-17(14)19/h10-11,15,23H,2-9,12H2,1H3,(H3,22,25,26,28,29)/t15-,31+/m1/s1. The normalized spacial score (nSPS) is 21.3. The Morgan fingerprint density at radius 3 is 2.65 bits per heavy atom. The monoisotopic (exact) mass is 444 g/mol. The first-order valence-corrected chi connectivity index (χ1v) is 12.4. The fourth-order valence-electron chi connectivity index (χ4n) is 4.94. The molecule has 10 heteroatoms. The van der Waals surface area contributed by atoms with Crippen LogP contribution < -0.4 is 20.5 Å². The van der Waals surface area contributed by atoms with Gasteiger partial charge in [-0.25, -0.2) is 18.8 Å². The smallest absolute Gasteiger partial charge is 0.354 e. The maximum Gasteiger partial charge on any atom is 0.354 e. The maximum absolute atomic E-state index is 13.3. The summed E-state index contributed by atoms with van der Waals surface area (Å²) in [7, 11) is -1.63. The highest BCUT2D eigenvalue weighted by Gasteiger charge is 2.27. The van der Waals surface area contributed by atoms with E-state index in [-0.39, 0.29) is 10.9 Å². The molecule has 4 N–H and O–H groups in total. The molecule has 0 unspecified atom stereocenters. The van der Waals surface area contributed by atoms with Gasteiger partial charge in [-0.3, -0.25) is 0 Å². The van der Waals surface area contributed by atoms with Gasteiger partial charge in [0.1, 0.15) is 4.90 Å². The molecular formula is C21H28N6O3S. The van der Waals surface area contributed by atoms with E-state index in [1.54, 1.807) is 4.68 Å². The number of nitrogens with one attached hydrogen (secondary N) is 2. The fourth-order valence-corrected chi connectivity index (χ4v) is 5.94. The van der Waals surface area contributed by atoms with E-state index in [0.717, 1.165) is 50.6 Å². The van der Waals surface area contributed by atoms with E-state index >= 15 is 0 Å². The van der Waals surface area contributed by atoms with Crippen molar-refractivity contribution in [2.75, 3.05) is 19.0 Å². The highest BCUT2D eigenvalue weighted by atomic mass is 32.2. The molecule has 2 aliphatic carbocycles. The van der Waals surface area contributed by atoms with Crippen molar-refractivity contribution in [2.24, 2.45) is 9.50 Å². The van der Waals surface area contributed by atoms with Crippen LogP contribution in [-0.4, -0.2) is 39.7 Å². The Labute approximate surface area is 182 Å². The Morgan fingerprint density at radius 1 is 1.26 bits per heavy atom. The van der Waals surface area contributed by atoms with Crippen LogP contribution in [0.15, 0.2) is 21.5 Å². The average molecular weight is 445 g/mol. The molecule has 0 saturated heterocycles. The van der Waals surface area contributed by atoms with Crippen molar-refractivity contribution in [1.82, 2.24) is 15.1 Å². The lowest BCUT2D eigenvalue weighted by atomic mass is 9.99. The number of carbonyl (C=O) groups is 1. The average Bonchev–Trinajstić information content (AvgIpc) is 3.44. The highest BCUT2D eigenvalue weighted by Crippen LogP contribution is 2.38. The molecule has 5 rings (SSSR count). The predicted octanol–water partition coefficient (Wildman–Crippen LogP) is 2.16. The number of benzene rings is 1.